The van der Waals surface area contributed by atoms with Gasteiger partial charge >= 0.3 is 12.4 Å². The number of pyridine rings is 1. The summed E-state index contributed by atoms with van der Waals surface area (Å²) >= 11 is 2.23. The largest absolute Gasteiger partial charge is 0.416 e. The summed E-state index contributed by atoms with van der Waals surface area (Å²) in [5, 5.41) is 6.25. The molecule has 3 aromatic heterocycles. The first-order chi connectivity index (χ1) is 22.7. The Bertz CT molecular complexity index is 1790. The first kappa shape index (κ1) is 34.3. The summed E-state index contributed by atoms with van der Waals surface area (Å²) < 4.78 is 78.7. The molecule has 2 unspecified atom stereocenters. The van der Waals surface area contributed by atoms with Crippen LogP contribution >= 0.6 is 22.7 Å². The van der Waals surface area contributed by atoms with Crippen molar-refractivity contribution >= 4 is 56.1 Å². The van der Waals surface area contributed by atoms with Crippen molar-refractivity contribution in [2.75, 3.05) is 10.6 Å². The fourth-order valence-electron chi connectivity index (χ4n) is 4.87. The van der Waals surface area contributed by atoms with Gasteiger partial charge in [-0.1, -0.05) is 12.1 Å². The standard InChI is InChI=1S/C31H25F6N7O2S2/c32-30(33,34)16-3-1-5-18(9-16)43-28-41-13-20(47-28)11-23(26(38)45)22-7-8-40-15-25(22)24(27(39)46)12-21-14-42-29(48-21)44-19-6-2-4-17(10-19)31(35,36)37/h1-10,13-15,23-24H,11-12H2,(H2,38,45)(H2,39,46)(H,41,43)(H,42,44). The lowest BCUT2D eigenvalue weighted by atomic mass is 9.84. The summed E-state index contributed by atoms with van der Waals surface area (Å²) in [6, 6.07) is 10.8. The van der Waals surface area contributed by atoms with Crippen molar-refractivity contribution in [1.82, 2.24) is 15.0 Å². The van der Waals surface area contributed by atoms with Crippen LogP contribution in [0.3, 0.4) is 0 Å². The number of nitrogens with two attached hydrogens (primary N) is 2. The van der Waals surface area contributed by atoms with Crippen molar-refractivity contribution in [3.8, 4) is 0 Å². The number of alkyl halides is 6. The number of hydrogen-bond acceptors (Lipinski definition) is 9. The van der Waals surface area contributed by atoms with Crippen LogP contribution in [0, 0.1) is 0 Å². The van der Waals surface area contributed by atoms with Crippen LogP contribution < -0.4 is 22.1 Å². The van der Waals surface area contributed by atoms with E-state index in [1.54, 1.807) is 6.07 Å². The Balaban J connectivity index is 1.34. The average molecular weight is 706 g/mol. The summed E-state index contributed by atoms with van der Waals surface area (Å²) in [5.74, 6) is -3.36. The van der Waals surface area contributed by atoms with E-state index in [0.717, 1.165) is 46.9 Å². The van der Waals surface area contributed by atoms with Gasteiger partial charge in [0.05, 0.1) is 23.0 Å². The zero-order valence-electron chi connectivity index (χ0n) is 24.5. The second kappa shape index (κ2) is 14.0. The number of halogens is 6. The van der Waals surface area contributed by atoms with Gasteiger partial charge in [0.25, 0.3) is 0 Å². The van der Waals surface area contributed by atoms with Gasteiger partial charge in [0, 0.05) is 45.9 Å². The van der Waals surface area contributed by atoms with Crippen molar-refractivity contribution in [1.29, 1.82) is 0 Å². The molecule has 2 amide bonds. The number of nitrogens with one attached hydrogen (secondary N) is 2. The summed E-state index contributed by atoms with van der Waals surface area (Å²) in [4.78, 5) is 39.2. The summed E-state index contributed by atoms with van der Waals surface area (Å²) in [5.41, 5.74) is 11.1. The molecule has 2 aromatic carbocycles. The molecular formula is C31H25F6N7O2S2. The fraction of sp³-hybridized carbons (Fsp3) is 0.194. The van der Waals surface area contributed by atoms with Crippen LogP contribution in [0.25, 0.3) is 0 Å². The second-order valence-corrected chi connectivity index (χ2v) is 12.7. The predicted molar refractivity (Wildman–Crippen MR) is 169 cm³/mol. The Labute approximate surface area is 277 Å². The average Bonchev–Trinajstić information content (AvgIpc) is 3.66. The Kier molecular flexibility index (Phi) is 10.00. The first-order valence-corrected chi connectivity index (χ1v) is 15.6. The maximum atomic E-state index is 13.1. The molecule has 5 rings (SSSR count). The lowest BCUT2D eigenvalue weighted by Gasteiger charge is -2.21. The van der Waals surface area contributed by atoms with Crippen LogP contribution in [-0.4, -0.2) is 26.8 Å². The highest BCUT2D eigenvalue weighted by atomic mass is 32.1. The van der Waals surface area contributed by atoms with Crippen molar-refractivity contribution in [3.05, 3.63) is 111 Å². The van der Waals surface area contributed by atoms with E-state index in [9.17, 15) is 35.9 Å². The van der Waals surface area contributed by atoms with Gasteiger partial charge in [0.15, 0.2) is 10.3 Å². The SMILES string of the molecule is NC(=O)C(Cc1cnc(Nc2cccc(C(F)(F)F)c2)s1)c1ccncc1C(Cc1cnc(Nc2cccc(C(F)(F)F)c2)s1)C(N)=O. The van der Waals surface area contributed by atoms with E-state index >= 15 is 0 Å². The quantitative estimate of drug-likeness (QED) is 0.101. The van der Waals surface area contributed by atoms with Gasteiger partial charge in [-0.05, 0) is 66.4 Å². The monoisotopic (exact) mass is 705 g/mol. The molecular weight excluding hydrogens is 681 g/mol. The van der Waals surface area contributed by atoms with Gasteiger partial charge in [0.2, 0.25) is 11.8 Å². The van der Waals surface area contributed by atoms with Gasteiger partial charge in [-0.15, -0.1) is 22.7 Å². The number of benzene rings is 2. The van der Waals surface area contributed by atoms with E-state index in [4.69, 9.17) is 11.5 Å². The summed E-state index contributed by atoms with van der Waals surface area (Å²) in [6.45, 7) is 0. The Morgan fingerprint density at radius 2 is 1.15 bits per heavy atom. The smallest absolute Gasteiger partial charge is 0.369 e. The molecule has 0 aliphatic heterocycles. The Morgan fingerprint density at radius 3 is 1.58 bits per heavy atom. The zero-order valence-corrected chi connectivity index (χ0v) is 26.1. The third-order valence-electron chi connectivity index (χ3n) is 7.12. The van der Waals surface area contributed by atoms with Gasteiger partial charge in [-0.2, -0.15) is 26.3 Å². The molecule has 0 aliphatic rings. The molecule has 0 bridgehead atoms. The number of rotatable bonds is 12. The van der Waals surface area contributed by atoms with Crippen molar-refractivity contribution in [3.63, 3.8) is 0 Å². The number of anilines is 4. The molecule has 0 aliphatic carbocycles. The van der Waals surface area contributed by atoms with Gasteiger partial charge < -0.3 is 22.1 Å². The normalized spacial score (nSPS) is 13.1. The van der Waals surface area contributed by atoms with Gasteiger partial charge in [-0.3, -0.25) is 14.6 Å². The lowest BCUT2D eigenvalue weighted by Crippen LogP contribution is -2.28. The number of hydrogen-bond donors (Lipinski definition) is 4. The second-order valence-electron chi connectivity index (χ2n) is 10.5. The van der Waals surface area contributed by atoms with Crippen LogP contribution in [0.5, 0.6) is 0 Å². The van der Waals surface area contributed by atoms with Crippen LogP contribution in [0.4, 0.5) is 48.0 Å². The molecule has 9 nitrogen and oxygen atoms in total. The Morgan fingerprint density at radius 1 is 0.688 bits per heavy atom. The highest BCUT2D eigenvalue weighted by Crippen LogP contribution is 2.36. The number of carbonyl (C=O) groups excluding carboxylic acids is 2. The van der Waals surface area contributed by atoms with Crippen molar-refractivity contribution in [2.45, 2.75) is 37.0 Å². The van der Waals surface area contributed by atoms with E-state index in [1.807, 2.05) is 0 Å². The lowest BCUT2D eigenvalue weighted by molar-refractivity contribution is -0.138. The van der Waals surface area contributed by atoms with Gasteiger partial charge in [-0.25, -0.2) is 9.97 Å². The zero-order chi connectivity index (χ0) is 34.6. The molecule has 250 valence electrons. The maximum absolute atomic E-state index is 13.1. The minimum atomic E-state index is -4.52. The number of primary amides is 2. The molecule has 0 fully saturated rings. The number of nitrogens with zero attached hydrogens (tertiary/aromatic N) is 3. The fourth-order valence-corrected chi connectivity index (χ4v) is 6.62. The number of carbonyl (C=O) groups is 2. The number of thiazole rings is 2. The van der Waals surface area contributed by atoms with E-state index in [-0.39, 0.29) is 34.5 Å². The van der Waals surface area contributed by atoms with Crippen LogP contribution in [-0.2, 0) is 34.8 Å². The molecule has 0 spiro atoms. The minimum absolute atomic E-state index is 0.0487. The van der Waals surface area contributed by atoms with Crippen LogP contribution in [0.2, 0.25) is 0 Å². The molecule has 0 saturated carbocycles. The third kappa shape index (κ3) is 8.46. The molecule has 6 N–H and O–H groups in total. The van der Waals surface area contributed by atoms with E-state index < -0.39 is 47.1 Å². The predicted octanol–water partition coefficient (Wildman–Crippen LogP) is 7.14. The summed E-state index contributed by atoms with van der Waals surface area (Å²) in [6.07, 6.45) is -3.14. The topological polar surface area (TPSA) is 149 Å². The highest BCUT2D eigenvalue weighted by Gasteiger charge is 2.32. The first-order valence-electron chi connectivity index (χ1n) is 14.0. The maximum Gasteiger partial charge on any atom is 0.416 e. The van der Waals surface area contributed by atoms with E-state index in [1.165, 1.54) is 49.1 Å². The number of aromatic nitrogens is 3. The molecule has 0 saturated heterocycles. The van der Waals surface area contributed by atoms with Crippen LogP contribution in [0.1, 0.15) is 43.8 Å². The molecule has 3 heterocycles. The van der Waals surface area contributed by atoms with Crippen molar-refractivity contribution < 1.29 is 35.9 Å². The molecule has 2 atom stereocenters. The molecule has 48 heavy (non-hydrogen) atoms. The van der Waals surface area contributed by atoms with Gasteiger partial charge in [0.1, 0.15) is 0 Å². The summed E-state index contributed by atoms with van der Waals surface area (Å²) in [7, 11) is 0. The molecule has 5 aromatic rings. The minimum Gasteiger partial charge on any atom is -0.369 e. The number of amides is 2. The highest BCUT2D eigenvalue weighted by molar-refractivity contribution is 7.15. The van der Waals surface area contributed by atoms with E-state index in [2.05, 4.69) is 25.6 Å². The molecule has 17 heteroatoms. The van der Waals surface area contributed by atoms with E-state index in [0.29, 0.717) is 20.9 Å². The third-order valence-corrected chi connectivity index (χ3v) is 9.00. The molecule has 0 radical (unpaired) electrons. The van der Waals surface area contributed by atoms with Crippen molar-refractivity contribution in [2.24, 2.45) is 11.5 Å². The van der Waals surface area contributed by atoms with Crippen LogP contribution in [0.15, 0.2) is 79.4 Å². The Hall–Kier alpha value is -5.03.